The maximum absolute atomic E-state index is 12.2. The molecule has 0 amide bonds. The highest BCUT2D eigenvalue weighted by Gasteiger charge is 2.34. The number of aliphatic hydroxyl groups excluding tert-OH is 1. The number of aliphatic carboxylic acids is 1. The van der Waals surface area contributed by atoms with Crippen LogP contribution in [0.5, 0.6) is 5.75 Å². The van der Waals surface area contributed by atoms with Crippen molar-refractivity contribution in [2.24, 2.45) is 0 Å². The van der Waals surface area contributed by atoms with Gasteiger partial charge in [0.25, 0.3) is 0 Å². The Morgan fingerprint density at radius 1 is 1.31 bits per heavy atom. The summed E-state index contributed by atoms with van der Waals surface area (Å²) in [6, 6.07) is 1.87. The number of carbonyl (C=O) groups is 1. The first kappa shape index (κ1) is 12.3. The van der Waals surface area contributed by atoms with Gasteiger partial charge in [0, 0.05) is 0 Å². The van der Waals surface area contributed by atoms with Gasteiger partial charge in [0.1, 0.15) is 5.75 Å². The molecular weight excluding hydrogens is 229 g/mol. The number of aliphatic hydroxyl groups is 1. The van der Waals surface area contributed by atoms with E-state index in [0.29, 0.717) is 12.1 Å². The third-order valence-corrected chi connectivity index (χ3v) is 1.88. The van der Waals surface area contributed by atoms with Crippen LogP contribution >= 0.6 is 0 Å². The lowest BCUT2D eigenvalue weighted by Gasteiger charge is -2.11. The van der Waals surface area contributed by atoms with Crippen LogP contribution in [-0.2, 0) is 11.0 Å². The fraction of sp³-hybridized carbons (Fsp3) is 0.222. The summed E-state index contributed by atoms with van der Waals surface area (Å²) in [5, 5.41) is 26.5. The first-order chi connectivity index (χ1) is 7.23. The average molecular weight is 236 g/mol. The fourth-order valence-electron chi connectivity index (χ4n) is 1.10. The lowest BCUT2D eigenvalue weighted by Crippen LogP contribution is -2.11. The van der Waals surface area contributed by atoms with Gasteiger partial charge in [0.15, 0.2) is 6.10 Å². The summed E-state index contributed by atoms with van der Waals surface area (Å²) < 4.78 is 36.6. The molecule has 0 bridgehead atoms. The molecule has 0 aromatic heterocycles. The van der Waals surface area contributed by atoms with Crippen LogP contribution in [0.3, 0.4) is 0 Å². The zero-order valence-corrected chi connectivity index (χ0v) is 7.69. The molecule has 1 unspecified atom stereocenters. The molecule has 88 valence electrons. The van der Waals surface area contributed by atoms with Gasteiger partial charge in [-0.3, -0.25) is 0 Å². The van der Waals surface area contributed by atoms with Crippen molar-refractivity contribution >= 4 is 5.97 Å². The van der Waals surface area contributed by atoms with E-state index in [1.54, 1.807) is 0 Å². The fourth-order valence-corrected chi connectivity index (χ4v) is 1.10. The van der Waals surface area contributed by atoms with Crippen molar-refractivity contribution in [1.82, 2.24) is 0 Å². The maximum atomic E-state index is 12.2. The van der Waals surface area contributed by atoms with E-state index in [2.05, 4.69) is 0 Å². The lowest BCUT2D eigenvalue weighted by atomic mass is 10.1. The summed E-state index contributed by atoms with van der Waals surface area (Å²) >= 11 is 0. The number of halogens is 3. The molecule has 16 heavy (non-hydrogen) atoms. The van der Waals surface area contributed by atoms with Crippen molar-refractivity contribution < 1.29 is 33.3 Å². The molecule has 0 aliphatic heterocycles. The number of rotatable bonds is 2. The predicted molar refractivity (Wildman–Crippen MR) is 45.7 cm³/mol. The zero-order chi connectivity index (χ0) is 12.5. The molecule has 1 atom stereocenters. The van der Waals surface area contributed by atoms with E-state index < -0.39 is 29.6 Å². The van der Waals surface area contributed by atoms with Gasteiger partial charge >= 0.3 is 12.1 Å². The molecule has 3 N–H and O–H groups in total. The highest BCUT2D eigenvalue weighted by Crippen LogP contribution is 2.36. The Kier molecular flexibility index (Phi) is 3.09. The molecule has 0 fully saturated rings. The second kappa shape index (κ2) is 4.01. The number of alkyl halides is 3. The van der Waals surface area contributed by atoms with Gasteiger partial charge in [-0.2, -0.15) is 13.2 Å². The van der Waals surface area contributed by atoms with Crippen LogP contribution in [0.1, 0.15) is 17.2 Å². The highest BCUT2D eigenvalue weighted by molar-refractivity contribution is 5.74. The van der Waals surface area contributed by atoms with Crippen LogP contribution in [-0.4, -0.2) is 21.3 Å². The van der Waals surface area contributed by atoms with Gasteiger partial charge in [-0.1, -0.05) is 6.07 Å². The Hall–Kier alpha value is -1.76. The second-order valence-electron chi connectivity index (χ2n) is 3.02. The van der Waals surface area contributed by atoms with Crippen molar-refractivity contribution in [3.8, 4) is 5.75 Å². The van der Waals surface area contributed by atoms with Crippen LogP contribution in [0.25, 0.3) is 0 Å². The standard InChI is InChI=1S/C9H7F3O4/c10-9(11,12)5-2-1-4(3-6(5)13)7(14)8(15)16/h1-3,7,13-14H,(H,15,16). The minimum Gasteiger partial charge on any atom is -0.507 e. The van der Waals surface area contributed by atoms with Crippen molar-refractivity contribution in [3.05, 3.63) is 29.3 Å². The van der Waals surface area contributed by atoms with Gasteiger partial charge in [0.2, 0.25) is 0 Å². The minimum atomic E-state index is -4.73. The van der Waals surface area contributed by atoms with E-state index >= 15 is 0 Å². The average Bonchev–Trinajstić information content (AvgIpc) is 2.14. The van der Waals surface area contributed by atoms with Crippen LogP contribution < -0.4 is 0 Å². The minimum absolute atomic E-state index is 0.321. The Balaban J connectivity index is 3.14. The molecule has 1 aromatic rings. The maximum Gasteiger partial charge on any atom is 0.419 e. The number of aromatic hydroxyl groups is 1. The predicted octanol–water partition coefficient (Wildman–Crippen LogP) is 1.53. The number of hydrogen-bond donors (Lipinski definition) is 3. The highest BCUT2D eigenvalue weighted by atomic mass is 19.4. The molecule has 1 aromatic carbocycles. The van der Waals surface area contributed by atoms with E-state index in [0.717, 1.165) is 6.07 Å². The SMILES string of the molecule is O=C(O)C(O)c1ccc(C(F)(F)F)c(O)c1. The molecule has 7 heteroatoms. The number of benzene rings is 1. The Morgan fingerprint density at radius 3 is 2.25 bits per heavy atom. The van der Waals surface area contributed by atoms with E-state index in [-0.39, 0.29) is 5.56 Å². The summed E-state index contributed by atoms with van der Waals surface area (Å²) in [6.07, 6.45) is -6.69. The van der Waals surface area contributed by atoms with Gasteiger partial charge in [-0.25, -0.2) is 4.79 Å². The van der Waals surface area contributed by atoms with Crippen molar-refractivity contribution in [3.63, 3.8) is 0 Å². The summed E-state index contributed by atoms with van der Waals surface area (Å²) in [5.74, 6) is -2.73. The van der Waals surface area contributed by atoms with Gasteiger partial charge in [0.05, 0.1) is 5.56 Å². The topological polar surface area (TPSA) is 77.8 Å². The smallest absolute Gasteiger partial charge is 0.419 e. The number of carboxylic acid groups (broad SMARTS) is 1. The third kappa shape index (κ3) is 2.43. The van der Waals surface area contributed by atoms with Gasteiger partial charge in [-0.15, -0.1) is 0 Å². The van der Waals surface area contributed by atoms with E-state index in [1.165, 1.54) is 0 Å². The first-order valence-corrected chi connectivity index (χ1v) is 4.04. The Morgan fingerprint density at radius 2 is 1.88 bits per heavy atom. The molecule has 0 saturated heterocycles. The Bertz CT molecular complexity index is 414. The van der Waals surface area contributed by atoms with Gasteiger partial charge < -0.3 is 15.3 Å². The molecular formula is C9H7F3O4. The monoisotopic (exact) mass is 236 g/mol. The second-order valence-corrected chi connectivity index (χ2v) is 3.02. The molecule has 0 aliphatic carbocycles. The number of carboxylic acids is 1. The summed E-state index contributed by atoms with van der Waals surface area (Å²) in [6.45, 7) is 0. The molecule has 1 rings (SSSR count). The van der Waals surface area contributed by atoms with Crippen LogP contribution in [0.4, 0.5) is 13.2 Å². The number of phenols is 1. The van der Waals surface area contributed by atoms with E-state index in [4.69, 9.17) is 15.3 Å². The number of phenolic OH excluding ortho intramolecular Hbond substituents is 1. The largest absolute Gasteiger partial charge is 0.507 e. The molecule has 0 radical (unpaired) electrons. The molecule has 0 aliphatic rings. The van der Waals surface area contributed by atoms with Crippen molar-refractivity contribution in [1.29, 1.82) is 0 Å². The summed E-state index contributed by atoms with van der Waals surface area (Å²) in [4.78, 5) is 10.3. The van der Waals surface area contributed by atoms with Crippen LogP contribution in [0.2, 0.25) is 0 Å². The number of hydrogen-bond acceptors (Lipinski definition) is 3. The quantitative estimate of drug-likeness (QED) is 0.727. The van der Waals surface area contributed by atoms with Crippen LogP contribution in [0.15, 0.2) is 18.2 Å². The first-order valence-electron chi connectivity index (χ1n) is 4.04. The normalized spacial score (nSPS) is 13.5. The molecule has 4 nitrogen and oxygen atoms in total. The molecule has 0 saturated carbocycles. The van der Waals surface area contributed by atoms with Gasteiger partial charge in [-0.05, 0) is 17.7 Å². The summed E-state index contributed by atoms with van der Waals surface area (Å²) in [5.41, 5.74) is -1.60. The third-order valence-electron chi connectivity index (χ3n) is 1.88. The summed E-state index contributed by atoms with van der Waals surface area (Å²) in [7, 11) is 0. The van der Waals surface area contributed by atoms with Crippen molar-refractivity contribution in [2.75, 3.05) is 0 Å². The van der Waals surface area contributed by atoms with Crippen molar-refractivity contribution in [2.45, 2.75) is 12.3 Å². The zero-order valence-electron chi connectivity index (χ0n) is 7.69. The molecule has 0 spiro atoms. The lowest BCUT2D eigenvalue weighted by molar-refractivity contribution is -0.146. The Labute approximate surface area is 87.6 Å². The van der Waals surface area contributed by atoms with E-state index in [1.807, 2.05) is 0 Å². The van der Waals surface area contributed by atoms with Crippen LogP contribution in [0, 0.1) is 0 Å². The molecule has 0 heterocycles. The van der Waals surface area contributed by atoms with E-state index in [9.17, 15) is 18.0 Å².